The van der Waals surface area contributed by atoms with Gasteiger partial charge in [0.2, 0.25) is 0 Å². The van der Waals surface area contributed by atoms with Crippen molar-refractivity contribution in [1.82, 2.24) is 39.0 Å². The molecule has 8 nitrogen and oxygen atoms in total. The van der Waals surface area contributed by atoms with Crippen molar-refractivity contribution < 1.29 is 0 Å². The quantitative estimate of drug-likeness (QED) is 0.108. The second kappa shape index (κ2) is 29.2. The molecule has 0 unspecified atom stereocenters. The van der Waals surface area contributed by atoms with Crippen molar-refractivity contribution in [3.63, 3.8) is 0 Å². The maximum atomic E-state index is 5.05. The lowest BCUT2D eigenvalue weighted by molar-refractivity contribution is 1.07. The summed E-state index contributed by atoms with van der Waals surface area (Å²) in [6.45, 7) is 0. The minimum atomic E-state index is 0.631. The van der Waals surface area contributed by atoms with Crippen LogP contribution in [0.1, 0.15) is 0 Å². The molecule has 0 aliphatic carbocycles. The molecule has 110 heavy (non-hydrogen) atoms. The average molecular weight is 1410 g/mol. The fraction of sp³-hybridized carbons (Fsp3) is 0. The van der Waals surface area contributed by atoms with Gasteiger partial charge in [-0.15, -0.1) is 0 Å². The van der Waals surface area contributed by atoms with E-state index in [0.717, 1.165) is 78.0 Å². The molecule has 0 saturated carbocycles. The smallest absolute Gasteiger partial charge is 0.164 e. The van der Waals surface area contributed by atoms with Crippen molar-refractivity contribution in [2.45, 2.75) is 0 Å². The van der Waals surface area contributed by atoms with Gasteiger partial charge in [0, 0.05) is 71.9 Å². The molecular formula is C102H68N8. The van der Waals surface area contributed by atoms with Crippen molar-refractivity contribution in [3.8, 4) is 146 Å². The lowest BCUT2D eigenvalue weighted by Crippen LogP contribution is -2.00. The normalized spacial score (nSPS) is 11.3. The van der Waals surface area contributed by atoms with Crippen LogP contribution in [0.2, 0.25) is 0 Å². The summed E-state index contributed by atoms with van der Waals surface area (Å²) in [5.74, 6) is 3.87. The zero-order valence-corrected chi connectivity index (χ0v) is 59.8. The highest BCUT2D eigenvalue weighted by Crippen LogP contribution is 2.46. The molecule has 0 atom stereocenters. The molecule has 4 aromatic heterocycles. The van der Waals surface area contributed by atoms with Gasteiger partial charge in [0.05, 0.1) is 22.1 Å². The summed E-state index contributed by atoms with van der Waals surface area (Å²) in [4.78, 5) is 29.8. The van der Waals surface area contributed by atoms with Crippen LogP contribution in [0, 0.1) is 0 Å². The van der Waals surface area contributed by atoms with Crippen LogP contribution in [0.4, 0.5) is 0 Å². The lowest BCUT2D eigenvalue weighted by atomic mass is 9.93. The highest BCUT2D eigenvalue weighted by Gasteiger charge is 2.24. The molecule has 0 spiro atoms. The second-order valence-corrected chi connectivity index (χ2v) is 27.3. The second-order valence-electron chi connectivity index (χ2n) is 27.3. The molecule has 0 bridgehead atoms. The fourth-order valence-electron chi connectivity index (χ4n) is 15.4. The van der Waals surface area contributed by atoms with E-state index in [4.69, 9.17) is 29.9 Å². The molecule has 0 saturated heterocycles. The summed E-state index contributed by atoms with van der Waals surface area (Å²) < 4.78 is 4.82. The van der Waals surface area contributed by atoms with Gasteiger partial charge in [-0.1, -0.05) is 352 Å². The molecule has 0 N–H and O–H groups in total. The minimum absolute atomic E-state index is 0.631. The number of fused-ring (bicyclic) bond motifs is 6. The Labute approximate surface area is 637 Å². The summed E-state index contributed by atoms with van der Waals surface area (Å²) in [7, 11) is 0. The SMILES string of the molecule is c1ccc(-c2cccc(-c3cccc4c3c3c(-c5cccc(-c6nc(-c7ccccc7)nc(-c7ccccc7)n6)c5)cccc3n4-c3ccccc3)c2)cc1.c1ccc(-c2nc(-c3ccccc3)nc(-c3ccc(-c4cccc(-c5cccc6c5c5cccc(-c7ccccc7)c5n6-c5ccccc5)c4)cc3)n2)cc1. The Kier molecular flexibility index (Phi) is 17.5. The first-order valence-electron chi connectivity index (χ1n) is 37.1. The third kappa shape index (κ3) is 12.7. The number of hydrogen-bond donors (Lipinski definition) is 0. The van der Waals surface area contributed by atoms with Crippen LogP contribution in [0.25, 0.3) is 190 Å². The number of benzene rings is 16. The predicted molar refractivity (Wildman–Crippen MR) is 454 cm³/mol. The van der Waals surface area contributed by atoms with Gasteiger partial charge in [0.1, 0.15) is 0 Å². The fourth-order valence-corrected chi connectivity index (χ4v) is 15.4. The molecule has 0 fully saturated rings. The maximum Gasteiger partial charge on any atom is 0.164 e. The van der Waals surface area contributed by atoms with Crippen molar-refractivity contribution in [2.24, 2.45) is 0 Å². The van der Waals surface area contributed by atoms with Crippen LogP contribution in [0.15, 0.2) is 413 Å². The summed E-state index contributed by atoms with van der Waals surface area (Å²) in [6, 6.07) is 145. The summed E-state index contributed by atoms with van der Waals surface area (Å²) in [5, 5.41) is 4.88. The van der Waals surface area contributed by atoms with E-state index in [0.29, 0.717) is 34.9 Å². The van der Waals surface area contributed by atoms with Crippen LogP contribution < -0.4 is 0 Å². The Bertz CT molecular complexity index is 6600. The Hall–Kier alpha value is -14.9. The average Bonchev–Trinajstić information content (AvgIpc) is 1.57. The lowest BCUT2D eigenvalue weighted by Gasteiger charge is -2.12. The van der Waals surface area contributed by atoms with Gasteiger partial charge < -0.3 is 9.13 Å². The van der Waals surface area contributed by atoms with Gasteiger partial charge in [-0.3, -0.25) is 0 Å². The van der Waals surface area contributed by atoms with Crippen LogP contribution in [0.5, 0.6) is 0 Å². The van der Waals surface area contributed by atoms with Crippen LogP contribution in [0.3, 0.4) is 0 Å². The van der Waals surface area contributed by atoms with Crippen LogP contribution in [-0.2, 0) is 0 Å². The number of para-hydroxylation sites is 3. The monoisotopic (exact) mass is 1400 g/mol. The van der Waals surface area contributed by atoms with Gasteiger partial charge >= 0.3 is 0 Å². The molecule has 0 aliphatic heterocycles. The van der Waals surface area contributed by atoms with Crippen LogP contribution >= 0.6 is 0 Å². The molecule has 0 radical (unpaired) electrons. The standard InChI is InChI=1S/2C51H34N4/c1-5-17-35(18-6-1)38-23-13-24-39(33-38)43-29-15-31-45-47(43)48-44(30-16-32-46(48)55(45)42-27-11-4-12-28-42)40-25-14-26-41(34-40)51-53-49(36-19-7-2-8-20-36)52-50(54-51)37-21-9-3-10-22-37;1-5-16-36(17-6-1)44-27-14-28-45-47-43(26-15-29-46(47)55(48(44)45)42-24-11-4-12-25-42)41-23-13-22-40(34-41)35-30-32-39(33-31-35)51-53-49(37-18-7-2-8-19-37)52-50(54-51)38-20-9-3-10-21-38/h2*1-34H. The van der Waals surface area contributed by atoms with E-state index in [1.54, 1.807) is 0 Å². The highest BCUT2D eigenvalue weighted by atomic mass is 15.0. The molecular weight excluding hydrogens is 1340 g/mol. The minimum Gasteiger partial charge on any atom is -0.309 e. The molecule has 8 heteroatoms. The number of nitrogens with zero attached hydrogens (tertiary/aromatic N) is 8. The molecule has 16 aromatic carbocycles. The summed E-state index contributed by atoms with van der Waals surface area (Å²) >= 11 is 0. The van der Waals surface area contributed by atoms with Gasteiger partial charge in [0.25, 0.3) is 0 Å². The molecule has 20 rings (SSSR count). The summed E-state index contributed by atoms with van der Waals surface area (Å²) in [5.41, 5.74) is 26.6. The molecule has 0 amide bonds. The molecule has 516 valence electrons. The topological polar surface area (TPSA) is 87.2 Å². The van der Waals surface area contributed by atoms with Gasteiger partial charge in [0.15, 0.2) is 34.9 Å². The van der Waals surface area contributed by atoms with E-state index in [1.807, 2.05) is 121 Å². The number of aromatic nitrogens is 8. The Morgan fingerprint density at radius 1 is 0.155 bits per heavy atom. The summed E-state index contributed by atoms with van der Waals surface area (Å²) in [6.07, 6.45) is 0. The van der Waals surface area contributed by atoms with Crippen LogP contribution in [-0.4, -0.2) is 39.0 Å². The highest BCUT2D eigenvalue weighted by molar-refractivity contribution is 6.21. The van der Waals surface area contributed by atoms with Crippen molar-refractivity contribution >= 4 is 43.6 Å². The van der Waals surface area contributed by atoms with Crippen molar-refractivity contribution in [1.29, 1.82) is 0 Å². The first-order chi connectivity index (χ1) is 54.6. The van der Waals surface area contributed by atoms with E-state index in [2.05, 4.69) is 300 Å². The van der Waals surface area contributed by atoms with Gasteiger partial charge in [-0.05, 0) is 122 Å². The van der Waals surface area contributed by atoms with E-state index in [9.17, 15) is 0 Å². The van der Waals surface area contributed by atoms with Gasteiger partial charge in [-0.25, -0.2) is 29.9 Å². The Morgan fingerprint density at radius 3 is 0.818 bits per heavy atom. The Morgan fingerprint density at radius 2 is 0.409 bits per heavy atom. The molecule has 20 aromatic rings. The van der Waals surface area contributed by atoms with Crippen molar-refractivity contribution in [2.75, 3.05) is 0 Å². The van der Waals surface area contributed by atoms with E-state index >= 15 is 0 Å². The third-order valence-corrected chi connectivity index (χ3v) is 20.5. The third-order valence-electron chi connectivity index (χ3n) is 20.5. The maximum absolute atomic E-state index is 5.05. The van der Waals surface area contributed by atoms with Crippen molar-refractivity contribution in [3.05, 3.63) is 413 Å². The first kappa shape index (κ1) is 65.9. The van der Waals surface area contributed by atoms with Gasteiger partial charge in [-0.2, -0.15) is 0 Å². The molecule has 0 aliphatic rings. The predicted octanol–water partition coefficient (Wildman–Crippen LogP) is 25.9. The molecule has 4 heterocycles. The van der Waals surface area contributed by atoms with E-state index in [1.165, 1.54) is 77.1 Å². The first-order valence-corrected chi connectivity index (χ1v) is 37.1. The number of hydrogen-bond acceptors (Lipinski definition) is 6. The zero-order valence-electron chi connectivity index (χ0n) is 59.8. The van der Waals surface area contributed by atoms with E-state index in [-0.39, 0.29) is 0 Å². The Balaban J connectivity index is 0.000000149. The zero-order chi connectivity index (χ0) is 73.1. The number of rotatable bonds is 14. The van der Waals surface area contributed by atoms with E-state index < -0.39 is 0 Å². The largest absolute Gasteiger partial charge is 0.309 e.